The lowest BCUT2D eigenvalue weighted by atomic mass is 10.0. The van der Waals surface area contributed by atoms with E-state index in [-0.39, 0.29) is 23.3 Å². The number of aliphatic hydroxyl groups excluding tert-OH is 1. The summed E-state index contributed by atoms with van der Waals surface area (Å²) in [6, 6.07) is 23.5. The topological polar surface area (TPSA) is 185 Å². The maximum Gasteiger partial charge on any atom is 0.356 e. The zero-order valence-electron chi connectivity index (χ0n) is 25.3. The van der Waals surface area contributed by atoms with E-state index in [1.807, 2.05) is 0 Å². The van der Waals surface area contributed by atoms with Gasteiger partial charge < -0.3 is 33.5 Å². The average Bonchev–Trinajstić information content (AvgIpc) is 3.43. The van der Waals surface area contributed by atoms with Crippen molar-refractivity contribution in [1.82, 2.24) is 0 Å². The number of carbonyl (C=O) groups is 5. The van der Waals surface area contributed by atoms with Gasteiger partial charge in [0.05, 0.1) is 30.4 Å². The molecule has 0 bridgehead atoms. The molecule has 4 rings (SSSR count). The Labute approximate surface area is 269 Å². The second-order valence-electron chi connectivity index (χ2n) is 9.88. The predicted molar refractivity (Wildman–Crippen MR) is 163 cm³/mol. The van der Waals surface area contributed by atoms with Gasteiger partial charge in [-0.1, -0.05) is 54.6 Å². The molecule has 1 heterocycles. The molecule has 244 valence electrons. The highest BCUT2D eigenvalue weighted by Gasteiger charge is 2.53. The third-order valence-electron chi connectivity index (χ3n) is 6.85. The second-order valence-corrected chi connectivity index (χ2v) is 9.88. The van der Waals surface area contributed by atoms with Gasteiger partial charge in [0.2, 0.25) is 0 Å². The van der Waals surface area contributed by atoms with Crippen molar-refractivity contribution < 1.29 is 57.5 Å². The van der Waals surface area contributed by atoms with Gasteiger partial charge in [-0.15, -0.1) is 0 Å². The fourth-order valence-electron chi connectivity index (χ4n) is 4.58. The number of benzene rings is 3. The molecule has 13 heteroatoms. The molecule has 2 N–H and O–H groups in total. The second kappa shape index (κ2) is 16.0. The third kappa shape index (κ3) is 8.27. The number of nitrogens with one attached hydrogen (secondary N) is 1. The van der Waals surface area contributed by atoms with Gasteiger partial charge in [-0.2, -0.15) is 0 Å². The van der Waals surface area contributed by atoms with Crippen LogP contribution in [0.25, 0.3) is 0 Å². The van der Waals surface area contributed by atoms with E-state index in [9.17, 15) is 29.1 Å². The summed E-state index contributed by atoms with van der Waals surface area (Å²) in [6.45, 7) is 0.686. The molecule has 0 amide bonds. The Hall–Kier alpha value is -5.82. The number of carbonyl (C=O) groups excluding carboxylic acids is 5. The summed E-state index contributed by atoms with van der Waals surface area (Å²) in [7, 11) is 0.962. The molecule has 0 saturated carbocycles. The van der Waals surface area contributed by atoms with Crippen molar-refractivity contribution in [3.8, 4) is 0 Å². The molecule has 1 aliphatic rings. The fraction of sp³-hybridized carbons (Fsp3) is 0.235. The van der Waals surface area contributed by atoms with Crippen LogP contribution in [0.5, 0.6) is 0 Å². The highest BCUT2D eigenvalue weighted by molar-refractivity contribution is 6.48. The molecule has 0 aliphatic carbocycles. The normalized spacial score (nSPS) is 19.0. The van der Waals surface area contributed by atoms with Gasteiger partial charge in [-0.3, -0.25) is 5.41 Å². The highest BCUT2D eigenvalue weighted by Crippen LogP contribution is 2.34. The Morgan fingerprint density at radius 1 is 0.702 bits per heavy atom. The maximum absolute atomic E-state index is 13.3. The summed E-state index contributed by atoms with van der Waals surface area (Å²) in [5, 5.41) is 19.7. The predicted octanol–water partition coefficient (Wildman–Crippen LogP) is 3.63. The van der Waals surface area contributed by atoms with Crippen molar-refractivity contribution in [1.29, 1.82) is 5.41 Å². The molecule has 0 aromatic heterocycles. The molecular formula is C34H31NO12. The summed E-state index contributed by atoms with van der Waals surface area (Å²) in [5.74, 6) is -6.20. The molecule has 0 unspecified atom stereocenters. The van der Waals surface area contributed by atoms with Crippen LogP contribution in [-0.2, 0) is 38.0 Å². The molecule has 0 radical (unpaired) electrons. The van der Waals surface area contributed by atoms with E-state index in [4.69, 9.17) is 29.1 Å². The van der Waals surface area contributed by atoms with Gasteiger partial charge in [0, 0.05) is 0 Å². The number of hydrogen-bond donors (Lipinski definition) is 2. The zero-order chi connectivity index (χ0) is 33.9. The van der Waals surface area contributed by atoms with Crippen LogP contribution < -0.4 is 0 Å². The fourth-order valence-corrected chi connectivity index (χ4v) is 4.58. The molecule has 13 nitrogen and oxygen atoms in total. The molecule has 1 saturated heterocycles. The van der Waals surface area contributed by atoms with E-state index in [1.165, 1.54) is 43.3 Å². The lowest BCUT2D eigenvalue weighted by Crippen LogP contribution is -2.43. The van der Waals surface area contributed by atoms with Gasteiger partial charge in [0.15, 0.2) is 24.0 Å². The van der Waals surface area contributed by atoms with Crippen molar-refractivity contribution in [2.45, 2.75) is 31.3 Å². The molecule has 3 aromatic rings. The smallest absolute Gasteiger partial charge is 0.356 e. The van der Waals surface area contributed by atoms with Gasteiger partial charge >= 0.3 is 29.8 Å². The van der Waals surface area contributed by atoms with Gasteiger partial charge in [0.25, 0.3) is 0 Å². The summed E-state index contributed by atoms with van der Waals surface area (Å²) < 4.78 is 32.5. The van der Waals surface area contributed by atoms with Crippen LogP contribution >= 0.6 is 0 Å². The number of ether oxygens (including phenoxy) is 6. The van der Waals surface area contributed by atoms with Crippen molar-refractivity contribution in [3.05, 3.63) is 119 Å². The van der Waals surface area contributed by atoms with Crippen LogP contribution in [0.15, 0.2) is 102 Å². The molecular weight excluding hydrogens is 614 g/mol. The highest BCUT2D eigenvalue weighted by atomic mass is 16.7. The number of aliphatic hydroxyl groups is 1. The summed E-state index contributed by atoms with van der Waals surface area (Å²) >= 11 is 0. The van der Waals surface area contributed by atoms with Crippen molar-refractivity contribution >= 4 is 35.6 Å². The Kier molecular flexibility index (Phi) is 11.6. The Morgan fingerprint density at radius 3 is 1.64 bits per heavy atom. The molecule has 1 aliphatic heterocycles. The minimum Gasteiger partial charge on any atom is -0.508 e. The van der Waals surface area contributed by atoms with Gasteiger partial charge in [0.1, 0.15) is 24.0 Å². The lowest BCUT2D eigenvalue weighted by molar-refractivity contribution is -0.139. The third-order valence-corrected chi connectivity index (χ3v) is 6.85. The molecule has 3 aromatic carbocycles. The minimum absolute atomic E-state index is 0.0785. The van der Waals surface area contributed by atoms with Crippen LogP contribution in [0.3, 0.4) is 0 Å². The van der Waals surface area contributed by atoms with E-state index < -0.39 is 77.9 Å². The van der Waals surface area contributed by atoms with Crippen molar-refractivity contribution in [2.75, 3.05) is 20.3 Å². The standard InChI is InChI=1S/C34H31NO12/c1-3-43-33(40)24(25(35)34(41)42-2)26(36)28-29(47-32(39)22-17-11-6-12-18-22)27(46-31(38)21-15-9-5-10-16-21)23(45-28)19-44-30(37)20-13-7-4-8-14-20/h4-18,23,27-29,35-36H,3,19H2,1-2H3/b26-24+,35-25?/t23-,27-,28+,29-/m1/s1. The van der Waals surface area contributed by atoms with E-state index in [1.54, 1.807) is 54.6 Å². The first kappa shape index (κ1) is 34.1. The summed E-state index contributed by atoms with van der Waals surface area (Å²) in [4.78, 5) is 64.7. The van der Waals surface area contributed by atoms with Crippen LogP contribution in [-0.4, -0.2) is 85.4 Å². The lowest BCUT2D eigenvalue weighted by Gasteiger charge is -2.25. The van der Waals surface area contributed by atoms with Gasteiger partial charge in [-0.05, 0) is 43.3 Å². The molecule has 1 fully saturated rings. The quantitative estimate of drug-likeness (QED) is 0.0960. The summed E-state index contributed by atoms with van der Waals surface area (Å²) in [5.41, 5.74) is -1.64. The molecule has 4 atom stereocenters. The van der Waals surface area contributed by atoms with Crippen LogP contribution in [0.2, 0.25) is 0 Å². The average molecular weight is 646 g/mol. The van der Waals surface area contributed by atoms with Crippen LogP contribution in [0.1, 0.15) is 38.0 Å². The number of methoxy groups -OCH3 is 1. The first-order chi connectivity index (χ1) is 22.7. The van der Waals surface area contributed by atoms with Crippen LogP contribution in [0, 0.1) is 5.41 Å². The summed E-state index contributed by atoms with van der Waals surface area (Å²) in [6.07, 6.45) is -6.49. The Bertz CT molecular complexity index is 1640. The molecule has 47 heavy (non-hydrogen) atoms. The number of esters is 5. The minimum atomic E-state index is -1.83. The molecule has 0 spiro atoms. The van der Waals surface area contributed by atoms with E-state index in [2.05, 4.69) is 4.74 Å². The van der Waals surface area contributed by atoms with E-state index in [0.29, 0.717) is 0 Å². The van der Waals surface area contributed by atoms with E-state index >= 15 is 0 Å². The van der Waals surface area contributed by atoms with Crippen molar-refractivity contribution in [3.63, 3.8) is 0 Å². The maximum atomic E-state index is 13.3. The van der Waals surface area contributed by atoms with Gasteiger partial charge in [-0.25, -0.2) is 24.0 Å². The Balaban J connectivity index is 1.80. The van der Waals surface area contributed by atoms with Crippen molar-refractivity contribution in [2.24, 2.45) is 0 Å². The first-order valence-corrected chi connectivity index (χ1v) is 14.3. The number of hydrogen-bond acceptors (Lipinski definition) is 13. The SMILES string of the molecule is CCOC(=O)/C(C(=N)C(=O)OC)=C(/O)[C@@H]1O[C@H](COC(=O)c2ccccc2)[C@@H](OC(=O)c2ccccc2)[C@H]1OC(=O)c1ccccc1. The number of rotatable bonds is 12. The first-order valence-electron chi connectivity index (χ1n) is 14.3. The zero-order valence-corrected chi connectivity index (χ0v) is 25.3. The monoisotopic (exact) mass is 645 g/mol. The largest absolute Gasteiger partial charge is 0.508 e. The Morgan fingerprint density at radius 2 is 1.17 bits per heavy atom. The van der Waals surface area contributed by atoms with Crippen LogP contribution in [0.4, 0.5) is 0 Å². The van der Waals surface area contributed by atoms with E-state index in [0.717, 1.165) is 7.11 Å².